The van der Waals surface area contributed by atoms with Gasteiger partial charge in [0.15, 0.2) is 6.10 Å². The summed E-state index contributed by atoms with van der Waals surface area (Å²) in [6.07, 6.45) is -0.981. The zero-order chi connectivity index (χ0) is 17.0. The van der Waals surface area contributed by atoms with Crippen LogP contribution in [0.1, 0.15) is 23.9 Å². The third-order valence-electron chi connectivity index (χ3n) is 3.43. The summed E-state index contributed by atoms with van der Waals surface area (Å²) in [5, 5.41) is 6.37. The van der Waals surface area contributed by atoms with E-state index in [0.29, 0.717) is 18.8 Å². The summed E-state index contributed by atoms with van der Waals surface area (Å²) >= 11 is 1.36. The molecule has 1 atom stereocenters. The lowest BCUT2D eigenvalue weighted by molar-refractivity contribution is -0.155. The number of ether oxygens (including phenoxy) is 1. The number of rotatable bonds is 6. The van der Waals surface area contributed by atoms with Crippen molar-refractivity contribution in [3.05, 3.63) is 17.0 Å². The van der Waals surface area contributed by atoms with Crippen LogP contribution in [-0.2, 0) is 20.1 Å². The third kappa shape index (κ3) is 4.25. The van der Waals surface area contributed by atoms with Crippen LogP contribution in [0, 0.1) is 13.8 Å². The molecule has 9 heteroatoms. The highest BCUT2D eigenvalue weighted by atomic mass is 32.2. The number of nitrogens with zero attached hydrogens (tertiary/aromatic N) is 2. The summed E-state index contributed by atoms with van der Waals surface area (Å²) in [6.45, 7) is 5.83. The summed E-state index contributed by atoms with van der Waals surface area (Å²) in [4.78, 5) is 36.3. The predicted octanol–water partition coefficient (Wildman–Crippen LogP) is 1.01. The molecule has 2 rings (SSSR count). The number of hydrogen-bond donors (Lipinski definition) is 1. The largest absolute Gasteiger partial charge is 0.452 e. The minimum atomic E-state index is -0.981. The molecular weight excluding hydrogens is 322 g/mol. The first-order valence-corrected chi connectivity index (χ1v) is 8.33. The van der Waals surface area contributed by atoms with Gasteiger partial charge in [0.1, 0.15) is 5.76 Å². The van der Waals surface area contributed by atoms with Crippen LogP contribution in [0.5, 0.6) is 0 Å². The van der Waals surface area contributed by atoms with Gasteiger partial charge in [-0.1, -0.05) is 5.16 Å². The van der Waals surface area contributed by atoms with Gasteiger partial charge in [-0.15, -0.1) is 11.8 Å². The van der Waals surface area contributed by atoms with Gasteiger partial charge in [0.25, 0.3) is 5.91 Å². The van der Waals surface area contributed by atoms with Gasteiger partial charge >= 0.3 is 12.0 Å². The fourth-order valence-corrected chi connectivity index (χ4v) is 3.08. The Balaban J connectivity index is 1.76. The van der Waals surface area contributed by atoms with E-state index >= 15 is 0 Å². The van der Waals surface area contributed by atoms with Crippen molar-refractivity contribution < 1.29 is 23.6 Å². The van der Waals surface area contributed by atoms with Crippen LogP contribution in [-0.4, -0.2) is 52.9 Å². The second kappa shape index (κ2) is 7.49. The Bertz CT molecular complexity index is 596. The van der Waals surface area contributed by atoms with E-state index in [1.807, 2.05) is 13.8 Å². The number of urea groups is 1. The molecule has 0 radical (unpaired) electrons. The average Bonchev–Trinajstić information content (AvgIpc) is 3.06. The van der Waals surface area contributed by atoms with Gasteiger partial charge in [0.2, 0.25) is 0 Å². The number of aryl methyl sites for hydroxylation is 2. The normalized spacial score (nSPS) is 15.4. The second-order valence-electron chi connectivity index (χ2n) is 5.15. The molecule has 0 bridgehead atoms. The fraction of sp³-hybridized carbons (Fsp3) is 0.571. The fourth-order valence-electron chi connectivity index (χ4n) is 2.13. The summed E-state index contributed by atoms with van der Waals surface area (Å²) in [6, 6.07) is -0.453. The van der Waals surface area contributed by atoms with Gasteiger partial charge in [-0.25, -0.2) is 4.79 Å². The smallest absolute Gasteiger partial charge is 0.324 e. The molecule has 1 fully saturated rings. The van der Waals surface area contributed by atoms with Gasteiger partial charge in [-0.05, 0) is 20.8 Å². The van der Waals surface area contributed by atoms with Crippen molar-refractivity contribution in [1.82, 2.24) is 15.4 Å². The van der Waals surface area contributed by atoms with Gasteiger partial charge in [-0.2, -0.15) is 0 Å². The molecule has 1 N–H and O–H groups in total. The molecule has 1 aromatic rings. The molecule has 23 heavy (non-hydrogen) atoms. The number of thioether (sulfide) groups is 1. The quantitative estimate of drug-likeness (QED) is 0.770. The maximum absolute atomic E-state index is 12.0. The first kappa shape index (κ1) is 17.3. The van der Waals surface area contributed by atoms with E-state index in [2.05, 4.69) is 10.5 Å². The summed E-state index contributed by atoms with van der Waals surface area (Å²) < 4.78 is 10.1. The Kier molecular flexibility index (Phi) is 5.64. The van der Waals surface area contributed by atoms with E-state index in [0.717, 1.165) is 21.9 Å². The van der Waals surface area contributed by atoms with E-state index in [-0.39, 0.29) is 5.75 Å². The van der Waals surface area contributed by atoms with E-state index in [1.54, 1.807) is 0 Å². The van der Waals surface area contributed by atoms with Gasteiger partial charge in [0.05, 0.1) is 11.4 Å². The van der Waals surface area contributed by atoms with Crippen molar-refractivity contribution in [3.8, 4) is 0 Å². The monoisotopic (exact) mass is 341 g/mol. The Morgan fingerprint density at radius 1 is 1.48 bits per heavy atom. The van der Waals surface area contributed by atoms with E-state index in [9.17, 15) is 14.4 Å². The molecule has 126 valence electrons. The number of carbonyl (C=O) groups excluding carboxylic acids is 3. The molecule has 0 spiro atoms. The van der Waals surface area contributed by atoms with Crippen molar-refractivity contribution in [2.24, 2.45) is 0 Å². The number of esters is 1. The van der Waals surface area contributed by atoms with Crippen LogP contribution in [0.25, 0.3) is 0 Å². The van der Waals surface area contributed by atoms with Crippen molar-refractivity contribution in [2.45, 2.75) is 32.6 Å². The Hall–Kier alpha value is -2.03. The van der Waals surface area contributed by atoms with Crippen molar-refractivity contribution in [1.29, 1.82) is 0 Å². The van der Waals surface area contributed by atoms with Gasteiger partial charge in [-0.3, -0.25) is 14.5 Å². The van der Waals surface area contributed by atoms with E-state index in [1.165, 1.54) is 18.7 Å². The van der Waals surface area contributed by atoms with Crippen LogP contribution in [0.2, 0.25) is 0 Å². The van der Waals surface area contributed by atoms with Crippen molar-refractivity contribution in [2.75, 3.05) is 18.8 Å². The molecular formula is C14H19N3O5S. The van der Waals surface area contributed by atoms with Crippen LogP contribution < -0.4 is 5.32 Å². The molecule has 8 nitrogen and oxygen atoms in total. The van der Waals surface area contributed by atoms with Crippen LogP contribution in [0.15, 0.2) is 4.52 Å². The standard InChI is InChI=1S/C14H19N3O5S/c1-8-11(9(2)22-16-8)6-23-7-12(18)21-10(3)13(19)17-5-4-15-14(17)20/h10H,4-7H2,1-3H3,(H,15,20)/t10-/m0/s1. The first-order valence-electron chi connectivity index (χ1n) is 7.18. The molecule has 1 saturated heterocycles. The van der Waals surface area contributed by atoms with Crippen LogP contribution in [0.4, 0.5) is 4.79 Å². The van der Waals surface area contributed by atoms with Crippen molar-refractivity contribution in [3.63, 3.8) is 0 Å². The molecule has 1 aliphatic heterocycles. The molecule has 0 saturated carbocycles. The topological polar surface area (TPSA) is 102 Å². The van der Waals surface area contributed by atoms with E-state index < -0.39 is 24.0 Å². The minimum Gasteiger partial charge on any atom is -0.452 e. The molecule has 0 unspecified atom stereocenters. The molecule has 2 heterocycles. The zero-order valence-corrected chi connectivity index (χ0v) is 14.1. The summed E-state index contributed by atoms with van der Waals surface area (Å²) in [7, 11) is 0. The molecule has 0 aliphatic carbocycles. The molecule has 1 aliphatic rings. The highest BCUT2D eigenvalue weighted by Crippen LogP contribution is 2.19. The predicted molar refractivity (Wildman–Crippen MR) is 82.8 cm³/mol. The van der Waals surface area contributed by atoms with Crippen LogP contribution >= 0.6 is 11.8 Å². The number of hydrogen-bond acceptors (Lipinski definition) is 7. The lowest BCUT2D eigenvalue weighted by Crippen LogP contribution is -2.42. The summed E-state index contributed by atoms with van der Waals surface area (Å²) in [5.74, 6) is 0.402. The molecule has 0 aromatic carbocycles. The third-order valence-corrected chi connectivity index (χ3v) is 4.36. The van der Waals surface area contributed by atoms with Gasteiger partial charge < -0.3 is 14.6 Å². The highest BCUT2D eigenvalue weighted by Gasteiger charge is 2.31. The minimum absolute atomic E-state index is 0.105. The average molecular weight is 341 g/mol. The first-order chi connectivity index (χ1) is 10.9. The van der Waals surface area contributed by atoms with Gasteiger partial charge in [0, 0.05) is 24.4 Å². The van der Waals surface area contributed by atoms with Crippen LogP contribution in [0.3, 0.4) is 0 Å². The summed E-state index contributed by atoms with van der Waals surface area (Å²) in [5.41, 5.74) is 1.76. The molecule has 1 aromatic heterocycles. The Morgan fingerprint density at radius 3 is 2.78 bits per heavy atom. The number of imide groups is 1. The van der Waals surface area contributed by atoms with E-state index in [4.69, 9.17) is 9.26 Å². The van der Waals surface area contributed by atoms with Crippen molar-refractivity contribution >= 4 is 29.7 Å². The number of aromatic nitrogens is 1. The lowest BCUT2D eigenvalue weighted by Gasteiger charge is -2.18. The molecule has 3 amide bonds. The Morgan fingerprint density at radius 2 is 2.22 bits per heavy atom. The second-order valence-corrected chi connectivity index (χ2v) is 6.14. The SMILES string of the molecule is Cc1noc(C)c1CSCC(=O)O[C@@H](C)C(=O)N1CCNC1=O. The lowest BCUT2D eigenvalue weighted by atomic mass is 10.2. The maximum Gasteiger partial charge on any atom is 0.324 e. The number of carbonyl (C=O) groups is 3. The Labute approximate surface area is 137 Å². The maximum atomic E-state index is 12.0. The number of amides is 3. The number of nitrogens with one attached hydrogen (secondary N) is 1. The highest BCUT2D eigenvalue weighted by molar-refractivity contribution is 7.99. The zero-order valence-electron chi connectivity index (χ0n) is 13.2.